The van der Waals surface area contributed by atoms with Gasteiger partial charge in [0.05, 0.1) is 23.8 Å². The second-order valence-electron chi connectivity index (χ2n) is 5.91. The van der Waals surface area contributed by atoms with Gasteiger partial charge in [-0.05, 0) is 40.7 Å². The van der Waals surface area contributed by atoms with E-state index >= 15 is 0 Å². The van der Waals surface area contributed by atoms with Crippen molar-refractivity contribution in [2.24, 2.45) is 0 Å². The molecule has 1 N–H and O–H groups in total. The van der Waals surface area contributed by atoms with E-state index in [1.807, 2.05) is 34.6 Å². The quantitative estimate of drug-likeness (QED) is 0.463. The number of rotatable bonds is 7. The third kappa shape index (κ3) is 5.09. The number of hydrogen-bond acceptors (Lipinski definition) is 6. The van der Waals surface area contributed by atoms with Crippen LogP contribution in [0.3, 0.4) is 0 Å². The Labute approximate surface area is 141 Å². The van der Waals surface area contributed by atoms with Crippen LogP contribution in [0.25, 0.3) is 0 Å². The second kappa shape index (κ2) is 8.49. The predicted octanol–water partition coefficient (Wildman–Crippen LogP) is 3.62. The highest BCUT2D eigenvalue weighted by Gasteiger charge is 2.23. The summed E-state index contributed by atoms with van der Waals surface area (Å²) < 4.78 is 10.5. The molecule has 1 rings (SSSR count). The number of anilines is 1. The molecule has 0 radical (unpaired) electrons. The SMILES string of the molecule is COC(=O)Nc1ccc([N+](=O)[O-])cc1OC(C)N(C(C)C)C(C)C. The van der Waals surface area contributed by atoms with Crippen molar-refractivity contribution in [3.63, 3.8) is 0 Å². The normalized spacial score (nSPS) is 12.4. The van der Waals surface area contributed by atoms with Crippen LogP contribution in [0.2, 0.25) is 0 Å². The average Bonchev–Trinajstić information content (AvgIpc) is 2.47. The number of non-ortho nitro benzene ring substituents is 1. The molecule has 0 aliphatic carbocycles. The number of carbonyl (C=O) groups is 1. The molecule has 0 saturated heterocycles. The molecule has 1 amide bonds. The van der Waals surface area contributed by atoms with Crippen molar-refractivity contribution in [3.05, 3.63) is 28.3 Å². The van der Waals surface area contributed by atoms with E-state index < -0.39 is 11.0 Å². The van der Waals surface area contributed by atoms with Crippen LogP contribution in [0.1, 0.15) is 34.6 Å². The molecular formula is C16H25N3O5. The summed E-state index contributed by atoms with van der Waals surface area (Å²) in [5.41, 5.74) is 0.194. The Morgan fingerprint density at radius 3 is 2.25 bits per heavy atom. The summed E-state index contributed by atoms with van der Waals surface area (Å²) in [6.07, 6.45) is -1.02. The predicted molar refractivity (Wildman–Crippen MR) is 91.3 cm³/mol. The monoisotopic (exact) mass is 339 g/mol. The zero-order valence-corrected chi connectivity index (χ0v) is 14.9. The minimum Gasteiger partial charge on any atom is -0.473 e. The van der Waals surface area contributed by atoms with Gasteiger partial charge in [-0.3, -0.25) is 20.3 Å². The van der Waals surface area contributed by atoms with E-state index in [4.69, 9.17) is 4.74 Å². The van der Waals surface area contributed by atoms with E-state index in [1.54, 1.807) is 0 Å². The Bertz CT molecular complexity index is 581. The first-order chi connectivity index (χ1) is 11.2. The van der Waals surface area contributed by atoms with Gasteiger partial charge in [-0.15, -0.1) is 0 Å². The number of methoxy groups -OCH3 is 1. The molecule has 0 heterocycles. The largest absolute Gasteiger partial charge is 0.473 e. The van der Waals surface area contributed by atoms with Gasteiger partial charge < -0.3 is 9.47 Å². The van der Waals surface area contributed by atoms with E-state index in [-0.39, 0.29) is 29.7 Å². The zero-order valence-electron chi connectivity index (χ0n) is 14.9. The lowest BCUT2D eigenvalue weighted by molar-refractivity contribution is -0.384. The molecule has 0 aliphatic rings. The number of nitrogens with one attached hydrogen (secondary N) is 1. The van der Waals surface area contributed by atoms with Crippen molar-refractivity contribution in [1.82, 2.24) is 4.90 Å². The maximum atomic E-state index is 11.5. The summed E-state index contributed by atoms with van der Waals surface area (Å²) in [4.78, 5) is 24.1. The number of ether oxygens (including phenoxy) is 2. The molecule has 8 heteroatoms. The Morgan fingerprint density at radius 1 is 1.21 bits per heavy atom. The van der Waals surface area contributed by atoms with Crippen LogP contribution in [0, 0.1) is 10.1 Å². The standard InChI is InChI=1S/C16H25N3O5/c1-10(2)18(11(3)4)12(5)24-15-9-13(19(21)22)7-8-14(15)17-16(20)23-6/h7-12H,1-6H3,(H,17,20). The highest BCUT2D eigenvalue weighted by atomic mass is 16.6. The number of amides is 1. The fourth-order valence-corrected chi connectivity index (χ4v) is 2.67. The lowest BCUT2D eigenvalue weighted by Crippen LogP contribution is -2.46. The number of benzene rings is 1. The smallest absolute Gasteiger partial charge is 0.411 e. The molecule has 0 saturated carbocycles. The summed E-state index contributed by atoms with van der Waals surface area (Å²) in [5.74, 6) is 0.216. The number of nitrogens with zero attached hydrogens (tertiary/aromatic N) is 2. The van der Waals surface area contributed by atoms with Crippen molar-refractivity contribution in [3.8, 4) is 5.75 Å². The molecule has 1 atom stereocenters. The molecule has 0 fully saturated rings. The van der Waals surface area contributed by atoms with Crippen LogP contribution in [0.15, 0.2) is 18.2 Å². The summed E-state index contributed by atoms with van der Waals surface area (Å²) in [6.45, 7) is 10.0. The molecule has 1 aromatic carbocycles. The third-order valence-corrected chi connectivity index (χ3v) is 3.51. The third-order valence-electron chi connectivity index (χ3n) is 3.51. The number of carbonyl (C=O) groups excluding carboxylic acids is 1. The Hall–Kier alpha value is -2.35. The van der Waals surface area contributed by atoms with Gasteiger partial charge in [-0.2, -0.15) is 0 Å². The molecule has 0 aliphatic heterocycles. The van der Waals surface area contributed by atoms with Crippen molar-refractivity contribution in [2.75, 3.05) is 12.4 Å². The first-order valence-electron chi connectivity index (χ1n) is 7.74. The van der Waals surface area contributed by atoms with Crippen LogP contribution in [-0.2, 0) is 4.74 Å². The lowest BCUT2D eigenvalue weighted by Gasteiger charge is -2.36. The average molecular weight is 339 g/mol. The second-order valence-corrected chi connectivity index (χ2v) is 5.91. The van der Waals surface area contributed by atoms with Gasteiger partial charge >= 0.3 is 6.09 Å². The van der Waals surface area contributed by atoms with Gasteiger partial charge in [0, 0.05) is 18.2 Å². The van der Waals surface area contributed by atoms with E-state index in [2.05, 4.69) is 15.0 Å². The molecule has 24 heavy (non-hydrogen) atoms. The molecule has 0 aromatic heterocycles. The Kier molecular flexibility index (Phi) is 6.97. The van der Waals surface area contributed by atoms with Crippen LogP contribution in [0.5, 0.6) is 5.75 Å². The topological polar surface area (TPSA) is 93.9 Å². The van der Waals surface area contributed by atoms with E-state index in [0.717, 1.165) is 0 Å². The minimum absolute atomic E-state index is 0.117. The molecule has 0 bridgehead atoms. The molecule has 8 nitrogen and oxygen atoms in total. The first kappa shape index (κ1) is 19.7. The highest BCUT2D eigenvalue weighted by molar-refractivity contribution is 5.87. The van der Waals surface area contributed by atoms with Gasteiger partial charge in [0.1, 0.15) is 6.23 Å². The van der Waals surface area contributed by atoms with Gasteiger partial charge in [0.25, 0.3) is 5.69 Å². The van der Waals surface area contributed by atoms with E-state index in [1.165, 1.54) is 25.3 Å². The van der Waals surface area contributed by atoms with Crippen molar-refractivity contribution in [1.29, 1.82) is 0 Å². The first-order valence-corrected chi connectivity index (χ1v) is 7.74. The van der Waals surface area contributed by atoms with Gasteiger partial charge in [0.2, 0.25) is 0 Å². The molecule has 1 aromatic rings. The van der Waals surface area contributed by atoms with Crippen molar-refractivity contribution < 1.29 is 19.2 Å². The summed E-state index contributed by atoms with van der Waals surface area (Å²) in [5, 5.41) is 13.5. The fourth-order valence-electron chi connectivity index (χ4n) is 2.67. The maximum absolute atomic E-state index is 11.5. The Morgan fingerprint density at radius 2 is 1.79 bits per heavy atom. The van der Waals surface area contributed by atoms with Crippen LogP contribution >= 0.6 is 0 Å². The molecular weight excluding hydrogens is 314 g/mol. The summed E-state index contributed by atoms with van der Waals surface area (Å²) in [6, 6.07) is 4.45. The fraction of sp³-hybridized carbons (Fsp3) is 0.562. The van der Waals surface area contributed by atoms with E-state index in [9.17, 15) is 14.9 Å². The zero-order chi connectivity index (χ0) is 18.4. The van der Waals surface area contributed by atoms with Crippen LogP contribution in [-0.4, -0.2) is 41.3 Å². The highest BCUT2D eigenvalue weighted by Crippen LogP contribution is 2.31. The van der Waals surface area contributed by atoms with Crippen LogP contribution in [0.4, 0.5) is 16.2 Å². The van der Waals surface area contributed by atoms with Gasteiger partial charge in [0.15, 0.2) is 5.75 Å². The molecule has 0 spiro atoms. The summed E-state index contributed by atoms with van der Waals surface area (Å²) in [7, 11) is 1.24. The van der Waals surface area contributed by atoms with Crippen molar-refractivity contribution in [2.45, 2.75) is 52.9 Å². The van der Waals surface area contributed by atoms with Crippen LogP contribution < -0.4 is 10.1 Å². The van der Waals surface area contributed by atoms with Gasteiger partial charge in [-0.1, -0.05) is 0 Å². The minimum atomic E-state index is -0.675. The van der Waals surface area contributed by atoms with Crippen molar-refractivity contribution >= 4 is 17.5 Å². The van der Waals surface area contributed by atoms with E-state index in [0.29, 0.717) is 5.69 Å². The number of nitro groups is 1. The molecule has 134 valence electrons. The molecule has 1 unspecified atom stereocenters. The number of hydrogen-bond donors (Lipinski definition) is 1. The Balaban J connectivity index is 3.15. The summed E-state index contributed by atoms with van der Waals surface area (Å²) >= 11 is 0. The van der Waals surface area contributed by atoms with Gasteiger partial charge in [-0.25, -0.2) is 4.79 Å². The maximum Gasteiger partial charge on any atom is 0.411 e. The number of nitro benzene ring substituents is 1. The lowest BCUT2D eigenvalue weighted by atomic mass is 10.2.